The zero-order valence-electron chi connectivity index (χ0n) is 16.0. The number of benzene rings is 2. The number of amides is 1. The summed E-state index contributed by atoms with van der Waals surface area (Å²) < 4.78 is 0. The second-order valence-electron chi connectivity index (χ2n) is 7.40. The largest absolute Gasteiger partial charge is 0.389 e. The predicted molar refractivity (Wildman–Crippen MR) is 103 cm³/mol. The van der Waals surface area contributed by atoms with Crippen LogP contribution in [0.1, 0.15) is 50.5 Å². The Hall–Kier alpha value is -2.17. The number of carbonyl (C=O) groups excluding carboxylic acids is 1. The van der Waals surface area contributed by atoms with Gasteiger partial charge in [-0.2, -0.15) is 0 Å². The molecule has 0 saturated heterocycles. The lowest BCUT2D eigenvalue weighted by Gasteiger charge is -2.35. The van der Waals surface area contributed by atoms with Crippen LogP contribution < -0.4 is 0 Å². The predicted octanol–water partition coefficient (Wildman–Crippen LogP) is 3.72. The van der Waals surface area contributed by atoms with E-state index in [1.54, 1.807) is 18.9 Å². The molecule has 0 saturated carbocycles. The molecule has 4 nitrogen and oxygen atoms in total. The molecule has 0 aliphatic rings. The third kappa shape index (κ3) is 4.71. The first-order valence-corrected chi connectivity index (χ1v) is 9.00. The molecule has 0 spiro atoms. The Morgan fingerprint density at radius 3 is 1.92 bits per heavy atom. The molecule has 2 rings (SSSR count). The van der Waals surface area contributed by atoms with Gasteiger partial charge in [-0.1, -0.05) is 74.5 Å². The maximum Gasteiger partial charge on any atom is 0.225 e. The lowest BCUT2D eigenvalue weighted by atomic mass is 9.88. The van der Waals surface area contributed by atoms with Gasteiger partial charge < -0.3 is 15.1 Å². The maximum atomic E-state index is 12.9. The van der Waals surface area contributed by atoms with Crippen molar-refractivity contribution in [2.75, 3.05) is 7.05 Å². The summed E-state index contributed by atoms with van der Waals surface area (Å²) >= 11 is 0. The summed E-state index contributed by atoms with van der Waals surface area (Å²) in [6.45, 7) is 5.45. The van der Waals surface area contributed by atoms with Gasteiger partial charge in [0.15, 0.2) is 0 Å². The first kappa shape index (κ1) is 20.1. The number of hydrogen-bond donors (Lipinski definition) is 2. The molecule has 2 N–H and O–H groups in total. The molecule has 1 unspecified atom stereocenters. The van der Waals surface area contributed by atoms with Crippen LogP contribution in [0.15, 0.2) is 60.7 Å². The van der Waals surface area contributed by atoms with Crippen LogP contribution in [-0.4, -0.2) is 33.7 Å². The molecule has 2 aromatic rings. The van der Waals surface area contributed by atoms with Crippen LogP contribution >= 0.6 is 0 Å². The fourth-order valence-corrected chi connectivity index (χ4v) is 2.89. The number of aliphatic hydroxyl groups excluding tert-OH is 1. The standard InChI is InChI=1S/C22H29NO3/c1-16(2)22(3,26)15-19(24)23(4)20(17-11-7-5-8-12-17)21(25)18-13-9-6-10-14-18/h5-14,16,20-21,25-26H,15H2,1-4H3/t20-,21-,22?/m1/s1. The highest BCUT2D eigenvalue weighted by Gasteiger charge is 2.34. The highest BCUT2D eigenvalue weighted by atomic mass is 16.3. The highest BCUT2D eigenvalue weighted by molar-refractivity contribution is 5.77. The quantitative estimate of drug-likeness (QED) is 0.796. The maximum absolute atomic E-state index is 12.9. The third-order valence-corrected chi connectivity index (χ3v) is 5.14. The Labute approximate surface area is 156 Å². The van der Waals surface area contributed by atoms with Crippen molar-refractivity contribution < 1.29 is 15.0 Å². The van der Waals surface area contributed by atoms with Crippen LogP contribution in [0.4, 0.5) is 0 Å². The van der Waals surface area contributed by atoms with Gasteiger partial charge in [0.2, 0.25) is 5.91 Å². The van der Waals surface area contributed by atoms with Crippen LogP contribution in [0.5, 0.6) is 0 Å². The van der Waals surface area contributed by atoms with Crippen LogP contribution in [0.2, 0.25) is 0 Å². The van der Waals surface area contributed by atoms with E-state index >= 15 is 0 Å². The van der Waals surface area contributed by atoms with Gasteiger partial charge >= 0.3 is 0 Å². The summed E-state index contributed by atoms with van der Waals surface area (Å²) in [6.07, 6.45) is -0.858. The molecule has 0 heterocycles. The zero-order chi connectivity index (χ0) is 19.3. The van der Waals surface area contributed by atoms with E-state index in [1.807, 2.05) is 74.5 Å². The fourth-order valence-electron chi connectivity index (χ4n) is 2.89. The Morgan fingerprint density at radius 1 is 1.00 bits per heavy atom. The molecule has 0 bridgehead atoms. The van der Waals surface area contributed by atoms with E-state index in [4.69, 9.17) is 0 Å². The van der Waals surface area contributed by atoms with Crippen molar-refractivity contribution in [2.45, 2.75) is 44.9 Å². The molecular weight excluding hydrogens is 326 g/mol. The Kier molecular flexibility index (Phi) is 6.57. The minimum atomic E-state index is -1.09. The van der Waals surface area contributed by atoms with Crippen LogP contribution in [0.3, 0.4) is 0 Å². The molecule has 26 heavy (non-hydrogen) atoms. The lowest BCUT2D eigenvalue weighted by Crippen LogP contribution is -2.41. The van der Waals surface area contributed by atoms with E-state index in [9.17, 15) is 15.0 Å². The van der Waals surface area contributed by atoms with Crippen molar-refractivity contribution in [1.29, 1.82) is 0 Å². The second-order valence-corrected chi connectivity index (χ2v) is 7.40. The van der Waals surface area contributed by atoms with E-state index in [2.05, 4.69) is 0 Å². The van der Waals surface area contributed by atoms with E-state index in [1.165, 1.54) is 0 Å². The van der Waals surface area contributed by atoms with E-state index < -0.39 is 17.7 Å². The highest BCUT2D eigenvalue weighted by Crippen LogP contribution is 2.34. The molecule has 1 amide bonds. The second kappa shape index (κ2) is 8.47. The molecule has 0 aliphatic heterocycles. The van der Waals surface area contributed by atoms with Crippen molar-refractivity contribution in [3.8, 4) is 0 Å². The number of aliphatic hydroxyl groups is 2. The van der Waals surface area contributed by atoms with Crippen molar-refractivity contribution in [2.24, 2.45) is 5.92 Å². The number of nitrogens with zero attached hydrogens (tertiary/aromatic N) is 1. The van der Waals surface area contributed by atoms with Gasteiger partial charge in [-0.3, -0.25) is 4.79 Å². The lowest BCUT2D eigenvalue weighted by molar-refractivity contribution is -0.141. The summed E-state index contributed by atoms with van der Waals surface area (Å²) in [4.78, 5) is 14.4. The molecule has 2 aromatic carbocycles. The van der Waals surface area contributed by atoms with Crippen molar-refractivity contribution in [3.63, 3.8) is 0 Å². The van der Waals surface area contributed by atoms with Gasteiger partial charge in [0.05, 0.1) is 18.1 Å². The molecule has 0 aromatic heterocycles. The molecular formula is C22H29NO3. The summed E-state index contributed by atoms with van der Waals surface area (Å²) in [6, 6.07) is 18.3. The van der Waals surface area contributed by atoms with Crippen molar-refractivity contribution in [1.82, 2.24) is 4.90 Å². The molecule has 0 aliphatic carbocycles. The monoisotopic (exact) mass is 355 g/mol. The molecule has 3 atom stereocenters. The topological polar surface area (TPSA) is 60.8 Å². The van der Waals surface area contributed by atoms with Crippen LogP contribution in [-0.2, 0) is 4.79 Å². The smallest absolute Gasteiger partial charge is 0.225 e. The molecule has 0 radical (unpaired) electrons. The Bertz CT molecular complexity index is 698. The number of likely N-dealkylation sites (N-methyl/N-ethyl adjacent to an activating group) is 1. The average Bonchev–Trinajstić information content (AvgIpc) is 2.63. The summed E-state index contributed by atoms with van der Waals surface area (Å²) in [5, 5.41) is 21.5. The van der Waals surface area contributed by atoms with E-state index in [0.29, 0.717) is 0 Å². The number of carbonyl (C=O) groups is 1. The minimum Gasteiger partial charge on any atom is -0.389 e. The van der Waals surface area contributed by atoms with E-state index in [0.717, 1.165) is 11.1 Å². The normalized spacial score (nSPS) is 16.0. The summed E-state index contributed by atoms with van der Waals surface area (Å²) in [5.74, 6) is -0.249. The SMILES string of the molecule is CC(C)C(C)(O)CC(=O)N(C)[C@H](c1ccccc1)[C@H](O)c1ccccc1. The fraction of sp³-hybridized carbons (Fsp3) is 0.409. The van der Waals surface area contributed by atoms with Gasteiger partial charge in [0.25, 0.3) is 0 Å². The van der Waals surface area contributed by atoms with Gasteiger partial charge in [-0.15, -0.1) is 0 Å². The van der Waals surface area contributed by atoms with Gasteiger partial charge in [-0.25, -0.2) is 0 Å². The Morgan fingerprint density at radius 2 is 1.46 bits per heavy atom. The average molecular weight is 355 g/mol. The van der Waals surface area contributed by atoms with Gasteiger partial charge in [0.1, 0.15) is 6.10 Å². The van der Waals surface area contributed by atoms with Crippen molar-refractivity contribution >= 4 is 5.91 Å². The molecule has 4 heteroatoms. The number of rotatable bonds is 7. The minimum absolute atomic E-state index is 0.00596. The van der Waals surface area contributed by atoms with Crippen LogP contribution in [0, 0.1) is 5.92 Å². The molecule has 140 valence electrons. The molecule has 0 fully saturated rings. The van der Waals surface area contributed by atoms with Crippen molar-refractivity contribution in [3.05, 3.63) is 71.8 Å². The zero-order valence-corrected chi connectivity index (χ0v) is 16.0. The number of hydrogen-bond acceptors (Lipinski definition) is 3. The first-order chi connectivity index (χ1) is 12.2. The summed E-state index contributed by atoms with van der Waals surface area (Å²) in [7, 11) is 1.68. The Balaban J connectivity index is 2.33. The van der Waals surface area contributed by atoms with Gasteiger partial charge in [-0.05, 0) is 24.0 Å². The third-order valence-electron chi connectivity index (χ3n) is 5.14. The summed E-state index contributed by atoms with van der Waals surface area (Å²) in [5.41, 5.74) is 0.505. The van der Waals surface area contributed by atoms with Gasteiger partial charge in [0, 0.05) is 7.05 Å². The van der Waals surface area contributed by atoms with Crippen LogP contribution in [0.25, 0.3) is 0 Å². The van der Waals surface area contributed by atoms with E-state index in [-0.39, 0.29) is 18.2 Å². The first-order valence-electron chi connectivity index (χ1n) is 9.00.